The fourth-order valence-electron chi connectivity index (χ4n) is 3.39. The highest BCUT2D eigenvalue weighted by molar-refractivity contribution is 7.99. The van der Waals surface area contributed by atoms with E-state index in [4.69, 9.17) is 5.84 Å². The number of nitrogens with two attached hydrogens (primary N) is 1. The zero-order chi connectivity index (χ0) is 18.5. The summed E-state index contributed by atoms with van der Waals surface area (Å²) < 4.78 is 1.58. The number of aryl methyl sites for hydroxylation is 1. The third-order valence-corrected chi connectivity index (χ3v) is 6.01. The van der Waals surface area contributed by atoms with Crippen LogP contribution >= 0.6 is 11.8 Å². The van der Waals surface area contributed by atoms with Crippen LogP contribution in [0.4, 0.5) is 0 Å². The first-order valence-electron chi connectivity index (χ1n) is 9.18. The Bertz CT molecular complexity index is 754. The molecule has 26 heavy (non-hydrogen) atoms. The molecule has 1 aromatic carbocycles. The van der Waals surface area contributed by atoms with Gasteiger partial charge in [0.1, 0.15) is 0 Å². The van der Waals surface area contributed by atoms with Gasteiger partial charge in [-0.3, -0.25) is 4.79 Å². The molecule has 1 aliphatic carbocycles. The van der Waals surface area contributed by atoms with E-state index in [0.717, 1.165) is 24.2 Å². The number of aromatic nitrogens is 3. The first-order valence-corrected chi connectivity index (χ1v) is 10.2. The molecule has 1 aliphatic rings. The quantitative estimate of drug-likeness (QED) is 0.622. The molecule has 0 spiro atoms. The van der Waals surface area contributed by atoms with Crippen LogP contribution in [0.3, 0.4) is 0 Å². The van der Waals surface area contributed by atoms with Gasteiger partial charge in [0.05, 0.1) is 5.75 Å². The van der Waals surface area contributed by atoms with Crippen LogP contribution in [0.1, 0.15) is 55.0 Å². The van der Waals surface area contributed by atoms with E-state index in [1.165, 1.54) is 36.6 Å². The molecule has 0 bridgehead atoms. The summed E-state index contributed by atoms with van der Waals surface area (Å²) in [5, 5.41) is 9.10. The summed E-state index contributed by atoms with van der Waals surface area (Å²) in [6.07, 6.45) is 5.99. The van der Waals surface area contributed by atoms with Gasteiger partial charge in [-0.05, 0) is 30.9 Å². The van der Waals surface area contributed by atoms with Crippen molar-refractivity contribution in [1.29, 1.82) is 0 Å². The summed E-state index contributed by atoms with van der Waals surface area (Å²) in [5.41, 5.74) is 2.36. The number of thioether (sulfide) groups is 1. The van der Waals surface area contributed by atoms with Gasteiger partial charge in [0, 0.05) is 19.5 Å². The smallest absolute Gasteiger partial charge is 0.233 e. The molecule has 3 rings (SSSR count). The first-order chi connectivity index (χ1) is 12.6. The summed E-state index contributed by atoms with van der Waals surface area (Å²) in [7, 11) is 1.83. The molecular formula is C19H27N5OS. The number of rotatable bonds is 6. The Kier molecular flexibility index (Phi) is 6.19. The first kappa shape index (κ1) is 18.8. The van der Waals surface area contributed by atoms with Crippen molar-refractivity contribution in [2.75, 3.05) is 18.6 Å². The number of nitrogens with zero attached hydrogens (tertiary/aromatic N) is 4. The van der Waals surface area contributed by atoms with E-state index in [9.17, 15) is 4.79 Å². The van der Waals surface area contributed by atoms with Crippen LogP contribution in [0.15, 0.2) is 29.4 Å². The summed E-state index contributed by atoms with van der Waals surface area (Å²) >= 11 is 1.36. The summed E-state index contributed by atoms with van der Waals surface area (Å²) in [5.74, 6) is 7.80. The number of carbonyl (C=O) groups excluding carboxylic acids is 1. The molecule has 2 N–H and O–H groups in total. The van der Waals surface area contributed by atoms with Crippen molar-refractivity contribution in [2.24, 2.45) is 0 Å². The third kappa shape index (κ3) is 4.38. The summed E-state index contributed by atoms with van der Waals surface area (Å²) in [6.45, 7) is 2.67. The molecule has 1 saturated carbocycles. The molecule has 6 nitrogen and oxygen atoms in total. The van der Waals surface area contributed by atoms with E-state index in [-0.39, 0.29) is 5.91 Å². The standard InChI is InChI=1S/C19H27N5OS/c1-14-8-6-7-11-16(14)12-23(2)17(25)13-26-19-22-21-18(24(19)20)15-9-4-3-5-10-15/h6-8,11,15H,3-5,9-10,12-13,20H2,1-2H3. The number of nitrogen functional groups attached to an aromatic ring is 1. The number of benzene rings is 1. The lowest BCUT2D eigenvalue weighted by Crippen LogP contribution is -2.28. The number of amides is 1. The van der Waals surface area contributed by atoms with Gasteiger partial charge in [-0.2, -0.15) is 0 Å². The third-order valence-electron chi connectivity index (χ3n) is 5.08. The highest BCUT2D eigenvalue weighted by atomic mass is 32.2. The fraction of sp³-hybridized carbons (Fsp3) is 0.526. The van der Waals surface area contributed by atoms with Crippen molar-refractivity contribution in [3.05, 3.63) is 41.2 Å². The highest BCUT2D eigenvalue weighted by Crippen LogP contribution is 2.32. The van der Waals surface area contributed by atoms with Gasteiger partial charge in [-0.1, -0.05) is 55.3 Å². The largest absolute Gasteiger partial charge is 0.341 e. The van der Waals surface area contributed by atoms with Crippen molar-refractivity contribution >= 4 is 17.7 Å². The molecule has 0 unspecified atom stereocenters. The van der Waals surface area contributed by atoms with E-state index in [1.54, 1.807) is 9.58 Å². The fourth-order valence-corrected chi connectivity index (χ4v) is 4.20. The minimum atomic E-state index is 0.0560. The van der Waals surface area contributed by atoms with Crippen molar-refractivity contribution in [3.8, 4) is 0 Å². The average molecular weight is 374 g/mol. The molecule has 0 aliphatic heterocycles. The molecule has 7 heteroatoms. The molecule has 1 amide bonds. The molecule has 1 aromatic heterocycles. The SMILES string of the molecule is Cc1ccccc1CN(C)C(=O)CSc1nnc(C2CCCCC2)n1N. The molecule has 0 atom stereocenters. The van der Waals surface area contributed by atoms with E-state index in [1.807, 2.05) is 19.2 Å². The van der Waals surface area contributed by atoms with Crippen molar-refractivity contribution in [1.82, 2.24) is 19.8 Å². The monoisotopic (exact) mass is 373 g/mol. The Labute approximate surface area is 159 Å². The van der Waals surface area contributed by atoms with Crippen molar-refractivity contribution in [3.63, 3.8) is 0 Å². The van der Waals surface area contributed by atoms with E-state index in [0.29, 0.717) is 23.4 Å². The van der Waals surface area contributed by atoms with Gasteiger partial charge in [-0.15, -0.1) is 10.2 Å². The minimum Gasteiger partial charge on any atom is -0.341 e. The van der Waals surface area contributed by atoms with E-state index in [2.05, 4.69) is 29.3 Å². The Morgan fingerprint density at radius 1 is 1.27 bits per heavy atom. The van der Waals surface area contributed by atoms with Gasteiger partial charge in [0.2, 0.25) is 11.1 Å². The van der Waals surface area contributed by atoms with Gasteiger partial charge in [0.25, 0.3) is 0 Å². The van der Waals surface area contributed by atoms with Crippen LogP contribution in [-0.2, 0) is 11.3 Å². The predicted molar refractivity (Wildman–Crippen MR) is 104 cm³/mol. The normalized spacial score (nSPS) is 15.2. The molecule has 1 heterocycles. The maximum Gasteiger partial charge on any atom is 0.233 e. The van der Waals surface area contributed by atoms with Crippen molar-refractivity contribution < 1.29 is 4.79 Å². The lowest BCUT2D eigenvalue weighted by Gasteiger charge is -2.20. The second kappa shape index (κ2) is 8.58. The molecule has 1 fully saturated rings. The number of hydrogen-bond donors (Lipinski definition) is 1. The lowest BCUT2D eigenvalue weighted by atomic mass is 9.89. The molecule has 0 saturated heterocycles. The summed E-state index contributed by atoms with van der Waals surface area (Å²) in [6, 6.07) is 8.12. The van der Waals surface area contributed by atoms with Crippen LogP contribution in [-0.4, -0.2) is 38.5 Å². The molecule has 2 aromatic rings. The van der Waals surface area contributed by atoms with Gasteiger partial charge >= 0.3 is 0 Å². The average Bonchev–Trinajstić information content (AvgIpc) is 3.03. The van der Waals surface area contributed by atoms with E-state index >= 15 is 0 Å². The van der Waals surface area contributed by atoms with Crippen LogP contribution in [0, 0.1) is 6.92 Å². The lowest BCUT2D eigenvalue weighted by molar-refractivity contribution is -0.127. The van der Waals surface area contributed by atoms with Gasteiger partial charge < -0.3 is 10.7 Å². The topological polar surface area (TPSA) is 77.0 Å². The van der Waals surface area contributed by atoms with Crippen LogP contribution in [0.5, 0.6) is 0 Å². The molecular weight excluding hydrogens is 346 g/mol. The molecule has 140 valence electrons. The number of hydrogen-bond acceptors (Lipinski definition) is 5. The van der Waals surface area contributed by atoms with Crippen LogP contribution in [0.25, 0.3) is 0 Å². The zero-order valence-corrected chi connectivity index (χ0v) is 16.3. The summed E-state index contributed by atoms with van der Waals surface area (Å²) in [4.78, 5) is 14.2. The Morgan fingerprint density at radius 3 is 2.73 bits per heavy atom. The maximum atomic E-state index is 12.5. The second-order valence-electron chi connectivity index (χ2n) is 7.01. The second-order valence-corrected chi connectivity index (χ2v) is 7.95. The Hall–Kier alpha value is -2.02. The van der Waals surface area contributed by atoms with Crippen LogP contribution < -0.4 is 5.84 Å². The number of carbonyl (C=O) groups is 1. The maximum absolute atomic E-state index is 12.5. The minimum absolute atomic E-state index is 0.0560. The zero-order valence-electron chi connectivity index (χ0n) is 15.5. The van der Waals surface area contributed by atoms with Gasteiger partial charge in [0.15, 0.2) is 5.82 Å². The van der Waals surface area contributed by atoms with Gasteiger partial charge in [-0.25, -0.2) is 4.68 Å². The Balaban J connectivity index is 1.56. The van der Waals surface area contributed by atoms with Crippen LogP contribution in [0.2, 0.25) is 0 Å². The highest BCUT2D eigenvalue weighted by Gasteiger charge is 2.23. The Morgan fingerprint density at radius 2 is 2.00 bits per heavy atom. The predicted octanol–water partition coefficient (Wildman–Crippen LogP) is 3.10. The van der Waals surface area contributed by atoms with Crippen molar-refractivity contribution in [2.45, 2.75) is 56.6 Å². The van der Waals surface area contributed by atoms with E-state index < -0.39 is 0 Å². The molecule has 0 radical (unpaired) electrons.